The lowest BCUT2D eigenvalue weighted by Gasteiger charge is -2.05. The van der Waals surface area contributed by atoms with Crippen LogP contribution >= 0.6 is 35.0 Å². The molecule has 3 rings (SSSR count). The van der Waals surface area contributed by atoms with E-state index in [-0.39, 0.29) is 0 Å². The summed E-state index contributed by atoms with van der Waals surface area (Å²) in [4.78, 5) is 0. The molecule has 0 unspecified atom stereocenters. The molecular weight excluding hydrogens is 311 g/mol. The Balaban J connectivity index is 1.68. The minimum absolute atomic E-state index is 0.717. The van der Waals surface area contributed by atoms with Crippen LogP contribution in [0.2, 0.25) is 10.0 Å². The number of thioether (sulfide) groups is 1. The molecule has 1 heterocycles. The van der Waals surface area contributed by atoms with E-state index in [4.69, 9.17) is 27.6 Å². The second-order valence-corrected chi connectivity index (χ2v) is 6.24. The SMILES string of the molecule is Clc1cccc(Cl)c1CSCc1cc2ccccc2o1. The summed E-state index contributed by atoms with van der Waals surface area (Å²) in [5, 5.41) is 2.57. The van der Waals surface area contributed by atoms with Crippen molar-refractivity contribution < 1.29 is 4.42 Å². The van der Waals surface area contributed by atoms with Crippen molar-refractivity contribution in [1.82, 2.24) is 0 Å². The molecule has 0 atom stereocenters. The summed E-state index contributed by atoms with van der Waals surface area (Å²) in [5.41, 5.74) is 1.91. The fourth-order valence-corrected chi connectivity index (χ4v) is 3.68. The Morgan fingerprint density at radius 1 is 0.900 bits per heavy atom. The largest absolute Gasteiger partial charge is 0.460 e. The Morgan fingerprint density at radius 3 is 2.40 bits per heavy atom. The number of halogens is 2. The summed E-state index contributed by atoms with van der Waals surface area (Å²) in [6.45, 7) is 0. The van der Waals surface area contributed by atoms with E-state index in [1.165, 1.54) is 0 Å². The van der Waals surface area contributed by atoms with Crippen molar-refractivity contribution in [1.29, 1.82) is 0 Å². The highest BCUT2D eigenvalue weighted by Gasteiger charge is 2.07. The first-order chi connectivity index (χ1) is 9.74. The van der Waals surface area contributed by atoms with Gasteiger partial charge in [0.05, 0.1) is 5.75 Å². The molecule has 0 bridgehead atoms. The van der Waals surface area contributed by atoms with Crippen molar-refractivity contribution in [2.75, 3.05) is 0 Å². The van der Waals surface area contributed by atoms with Gasteiger partial charge in [-0.25, -0.2) is 0 Å². The maximum absolute atomic E-state index is 6.15. The summed E-state index contributed by atoms with van der Waals surface area (Å²) < 4.78 is 5.78. The second kappa shape index (κ2) is 6.13. The van der Waals surface area contributed by atoms with Crippen LogP contribution in [-0.4, -0.2) is 0 Å². The van der Waals surface area contributed by atoms with Gasteiger partial charge in [0.15, 0.2) is 0 Å². The van der Waals surface area contributed by atoms with Crippen LogP contribution < -0.4 is 0 Å². The molecule has 2 aromatic carbocycles. The van der Waals surface area contributed by atoms with E-state index in [0.29, 0.717) is 0 Å². The van der Waals surface area contributed by atoms with Gasteiger partial charge in [0.1, 0.15) is 11.3 Å². The van der Waals surface area contributed by atoms with Crippen LogP contribution in [0.4, 0.5) is 0 Å². The predicted octanol–water partition coefficient (Wildman–Crippen LogP) is 6.17. The summed E-state index contributed by atoms with van der Waals surface area (Å²) >= 11 is 14.0. The van der Waals surface area contributed by atoms with Crippen molar-refractivity contribution in [3.8, 4) is 0 Å². The van der Waals surface area contributed by atoms with Crippen LogP contribution in [0, 0.1) is 0 Å². The first-order valence-corrected chi connectivity index (χ1v) is 8.13. The van der Waals surface area contributed by atoms with Crippen LogP contribution in [0.15, 0.2) is 52.9 Å². The fourth-order valence-electron chi connectivity index (χ4n) is 2.03. The molecule has 0 fully saturated rings. The number of rotatable bonds is 4. The van der Waals surface area contributed by atoms with Crippen LogP contribution in [0.1, 0.15) is 11.3 Å². The second-order valence-electron chi connectivity index (χ2n) is 4.44. The molecule has 0 aliphatic heterocycles. The molecule has 0 saturated heterocycles. The molecule has 0 N–H and O–H groups in total. The molecular formula is C16H12Cl2OS. The van der Waals surface area contributed by atoms with Crippen LogP contribution in [0.5, 0.6) is 0 Å². The average Bonchev–Trinajstić information content (AvgIpc) is 2.84. The number of hydrogen-bond acceptors (Lipinski definition) is 2. The lowest BCUT2D eigenvalue weighted by molar-refractivity contribution is 0.574. The topological polar surface area (TPSA) is 13.1 Å². The van der Waals surface area contributed by atoms with Gasteiger partial charge in [-0.2, -0.15) is 0 Å². The van der Waals surface area contributed by atoms with E-state index in [0.717, 1.165) is 43.8 Å². The third kappa shape index (κ3) is 2.98. The number of para-hydroxylation sites is 1. The van der Waals surface area contributed by atoms with Crippen molar-refractivity contribution in [3.63, 3.8) is 0 Å². The quantitative estimate of drug-likeness (QED) is 0.569. The Bertz CT molecular complexity index is 683. The van der Waals surface area contributed by atoms with Gasteiger partial charge < -0.3 is 4.42 Å². The molecule has 102 valence electrons. The molecule has 0 saturated carbocycles. The van der Waals surface area contributed by atoms with Gasteiger partial charge in [-0.15, -0.1) is 11.8 Å². The Morgan fingerprint density at radius 2 is 1.65 bits per heavy atom. The molecule has 0 aliphatic rings. The zero-order valence-corrected chi connectivity index (χ0v) is 12.9. The van der Waals surface area contributed by atoms with E-state index < -0.39 is 0 Å². The molecule has 4 heteroatoms. The first kappa shape index (κ1) is 13.9. The third-order valence-electron chi connectivity index (χ3n) is 3.03. The molecule has 1 nitrogen and oxygen atoms in total. The van der Waals surface area contributed by atoms with Crippen LogP contribution in [0.25, 0.3) is 11.0 Å². The van der Waals surface area contributed by atoms with Gasteiger partial charge >= 0.3 is 0 Å². The van der Waals surface area contributed by atoms with E-state index in [1.54, 1.807) is 11.8 Å². The molecule has 3 aromatic rings. The summed E-state index contributed by atoms with van der Waals surface area (Å²) in [7, 11) is 0. The number of benzene rings is 2. The van der Waals surface area contributed by atoms with Crippen LogP contribution in [0.3, 0.4) is 0 Å². The molecule has 0 aliphatic carbocycles. The first-order valence-electron chi connectivity index (χ1n) is 6.22. The number of furan rings is 1. The van der Waals surface area contributed by atoms with Gasteiger partial charge in [-0.05, 0) is 29.8 Å². The van der Waals surface area contributed by atoms with Gasteiger partial charge in [0, 0.05) is 21.2 Å². The Hall–Kier alpha value is -1.09. The van der Waals surface area contributed by atoms with Gasteiger partial charge in [-0.1, -0.05) is 47.5 Å². The minimum atomic E-state index is 0.717. The average molecular weight is 323 g/mol. The van der Waals surface area contributed by atoms with Gasteiger partial charge in [0.25, 0.3) is 0 Å². The molecule has 0 radical (unpaired) electrons. The molecule has 0 spiro atoms. The maximum Gasteiger partial charge on any atom is 0.134 e. The predicted molar refractivity (Wildman–Crippen MR) is 87.7 cm³/mol. The lowest BCUT2D eigenvalue weighted by Crippen LogP contribution is -1.85. The highest BCUT2D eigenvalue weighted by molar-refractivity contribution is 7.97. The van der Waals surface area contributed by atoms with E-state index in [9.17, 15) is 0 Å². The summed E-state index contributed by atoms with van der Waals surface area (Å²) in [6, 6.07) is 15.7. The molecule has 20 heavy (non-hydrogen) atoms. The Kier molecular flexibility index (Phi) is 4.25. The lowest BCUT2D eigenvalue weighted by atomic mass is 10.2. The van der Waals surface area contributed by atoms with Crippen molar-refractivity contribution in [3.05, 3.63) is 69.9 Å². The van der Waals surface area contributed by atoms with Crippen LogP contribution in [-0.2, 0) is 11.5 Å². The zero-order valence-electron chi connectivity index (χ0n) is 10.6. The number of fused-ring (bicyclic) bond motifs is 1. The van der Waals surface area contributed by atoms with Crippen molar-refractivity contribution in [2.24, 2.45) is 0 Å². The normalized spacial score (nSPS) is 11.1. The van der Waals surface area contributed by atoms with Gasteiger partial charge in [-0.3, -0.25) is 0 Å². The van der Waals surface area contributed by atoms with E-state index in [2.05, 4.69) is 12.1 Å². The van der Waals surface area contributed by atoms with Crippen molar-refractivity contribution in [2.45, 2.75) is 11.5 Å². The summed E-state index contributed by atoms with van der Waals surface area (Å²) in [6.07, 6.45) is 0. The van der Waals surface area contributed by atoms with Crippen molar-refractivity contribution >= 4 is 45.9 Å². The maximum atomic E-state index is 6.15. The third-order valence-corrected chi connectivity index (χ3v) is 4.72. The Labute approximate surface area is 131 Å². The highest BCUT2D eigenvalue weighted by atomic mass is 35.5. The minimum Gasteiger partial charge on any atom is -0.460 e. The monoisotopic (exact) mass is 322 g/mol. The van der Waals surface area contributed by atoms with E-state index in [1.807, 2.05) is 36.4 Å². The van der Waals surface area contributed by atoms with Gasteiger partial charge in [0.2, 0.25) is 0 Å². The smallest absolute Gasteiger partial charge is 0.134 e. The van der Waals surface area contributed by atoms with E-state index >= 15 is 0 Å². The number of hydrogen-bond donors (Lipinski definition) is 0. The fraction of sp³-hybridized carbons (Fsp3) is 0.125. The standard InChI is InChI=1S/C16H12Cl2OS/c17-14-5-3-6-15(18)13(14)10-20-9-12-8-11-4-1-2-7-16(11)19-12/h1-8H,9-10H2. The highest BCUT2D eigenvalue weighted by Crippen LogP contribution is 2.30. The zero-order chi connectivity index (χ0) is 13.9. The molecule has 1 aromatic heterocycles. The summed E-state index contributed by atoms with van der Waals surface area (Å²) in [5.74, 6) is 2.55. The molecule has 0 amide bonds.